The molecule has 2 aliphatic heterocycles. The topological polar surface area (TPSA) is 72.9 Å². The van der Waals surface area contributed by atoms with Crippen molar-refractivity contribution >= 4 is 45.0 Å². The molecule has 0 radical (unpaired) electrons. The number of anilines is 1. The predicted octanol–water partition coefficient (Wildman–Crippen LogP) is 6.78. The van der Waals surface area contributed by atoms with Gasteiger partial charge in [0.1, 0.15) is 11.5 Å². The molecule has 0 amide bonds. The summed E-state index contributed by atoms with van der Waals surface area (Å²) >= 11 is 3.57. The second-order valence-electron chi connectivity index (χ2n) is 10.8. The van der Waals surface area contributed by atoms with E-state index in [1.165, 1.54) is 0 Å². The van der Waals surface area contributed by atoms with E-state index < -0.39 is 23.4 Å². The largest absolute Gasteiger partial charge is 0.493 e. The van der Waals surface area contributed by atoms with Gasteiger partial charge in [0.2, 0.25) is 0 Å². The van der Waals surface area contributed by atoms with Crippen molar-refractivity contribution in [1.82, 2.24) is 0 Å². The third kappa shape index (κ3) is 3.53. The van der Waals surface area contributed by atoms with Gasteiger partial charge in [0.15, 0.2) is 28.8 Å². The first kappa shape index (κ1) is 26.4. The number of Topliss-reactive ketones (excluding diaryl/α,β-unsaturated/α-hetero) is 3. The number of carbonyl (C=O) groups is 3. The Labute approximate surface area is 251 Å². The molecular weight excluding hydrogens is 594 g/mol. The normalized spacial score (nSPS) is 21.2. The second kappa shape index (κ2) is 9.81. The highest BCUT2D eigenvalue weighted by Crippen LogP contribution is 2.61. The Morgan fingerprint density at radius 1 is 0.810 bits per heavy atom. The molecular formula is C35H26BrNO5. The fraction of sp³-hybridized carbons (Fsp3) is 0.171. The molecule has 0 saturated carbocycles. The first-order valence-electron chi connectivity index (χ1n) is 13.7. The number of hydrogen-bond acceptors (Lipinski definition) is 6. The number of benzene rings is 4. The summed E-state index contributed by atoms with van der Waals surface area (Å²) in [5, 5.41) is 0. The van der Waals surface area contributed by atoms with Crippen molar-refractivity contribution in [2.75, 3.05) is 19.1 Å². The highest BCUT2D eigenvalue weighted by molar-refractivity contribution is 9.10. The van der Waals surface area contributed by atoms with Crippen LogP contribution in [0.3, 0.4) is 0 Å². The molecule has 3 aliphatic rings. The fourth-order valence-electron chi connectivity index (χ4n) is 7.14. The summed E-state index contributed by atoms with van der Waals surface area (Å²) < 4.78 is 12.1. The Kier molecular flexibility index (Phi) is 6.17. The van der Waals surface area contributed by atoms with Crippen LogP contribution in [0.4, 0.5) is 5.69 Å². The van der Waals surface area contributed by atoms with Crippen LogP contribution in [0.5, 0.6) is 11.5 Å². The minimum absolute atomic E-state index is 0.169. The number of methoxy groups -OCH3 is 2. The minimum atomic E-state index is -1.58. The van der Waals surface area contributed by atoms with Crippen LogP contribution in [-0.4, -0.2) is 43.7 Å². The lowest BCUT2D eigenvalue weighted by molar-refractivity contribution is 0.0665. The first-order valence-corrected chi connectivity index (χ1v) is 14.5. The molecule has 7 rings (SSSR count). The number of carbonyl (C=O) groups excluding carboxylic acids is 3. The molecule has 4 aromatic carbocycles. The Morgan fingerprint density at radius 2 is 1.48 bits per heavy atom. The van der Waals surface area contributed by atoms with Crippen LogP contribution >= 0.6 is 15.9 Å². The zero-order valence-corrected chi connectivity index (χ0v) is 24.5. The van der Waals surface area contributed by atoms with Gasteiger partial charge in [0.05, 0.1) is 20.3 Å². The van der Waals surface area contributed by atoms with Crippen molar-refractivity contribution in [3.05, 3.63) is 129 Å². The maximum Gasteiger partial charge on any atom is 0.185 e. The summed E-state index contributed by atoms with van der Waals surface area (Å²) in [5.74, 6) is -0.576. The number of ether oxygens (including phenoxy) is 2. The molecule has 208 valence electrons. The van der Waals surface area contributed by atoms with E-state index in [1.54, 1.807) is 62.8 Å². The lowest BCUT2D eigenvalue weighted by Crippen LogP contribution is -2.48. The van der Waals surface area contributed by atoms with Gasteiger partial charge in [-0.25, -0.2) is 0 Å². The average molecular weight is 620 g/mol. The molecule has 3 unspecified atom stereocenters. The SMILES string of the molecule is COc1ccc(C2C(C(=O)c3ccccc3)N3c4ccc(Br)cc4C=CC3C23C(=O)c2ccccc2C3=O)cc1OC. The van der Waals surface area contributed by atoms with Crippen LogP contribution in [0, 0.1) is 5.41 Å². The van der Waals surface area contributed by atoms with Crippen LogP contribution in [0.2, 0.25) is 0 Å². The molecule has 3 atom stereocenters. The van der Waals surface area contributed by atoms with Gasteiger partial charge in [-0.2, -0.15) is 0 Å². The number of ketones is 3. The maximum absolute atomic E-state index is 14.8. The lowest BCUT2D eigenvalue weighted by Gasteiger charge is -2.37. The summed E-state index contributed by atoms with van der Waals surface area (Å²) in [4.78, 5) is 46.2. The summed E-state index contributed by atoms with van der Waals surface area (Å²) in [6.07, 6.45) is 3.87. The fourth-order valence-corrected chi connectivity index (χ4v) is 7.52. The van der Waals surface area contributed by atoms with Gasteiger partial charge < -0.3 is 14.4 Å². The number of fused-ring (bicyclic) bond motifs is 5. The summed E-state index contributed by atoms with van der Waals surface area (Å²) in [7, 11) is 3.09. The van der Waals surface area contributed by atoms with Gasteiger partial charge in [0, 0.05) is 32.8 Å². The van der Waals surface area contributed by atoms with E-state index in [1.807, 2.05) is 59.5 Å². The molecule has 1 saturated heterocycles. The van der Waals surface area contributed by atoms with Crippen molar-refractivity contribution in [2.45, 2.75) is 18.0 Å². The van der Waals surface area contributed by atoms with Crippen LogP contribution in [-0.2, 0) is 0 Å². The van der Waals surface area contributed by atoms with Gasteiger partial charge in [-0.3, -0.25) is 14.4 Å². The van der Waals surface area contributed by atoms with Crippen LogP contribution < -0.4 is 14.4 Å². The van der Waals surface area contributed by atoms with Crippen molar-refractivity contribution in [3.63, 3.8) is 0 Å². The molecule has 0 aromatic heterocycles. The molecule has 1 spiro atoms. The highest BCUT2D eigenvalue weighted by atomic mass is 79.9. The van der Waals surface area contributed by atoms with Crippen molar-refractivity contribution in [2.24, 2.45) is 5.41 Å². The van der Waals surface area contributed by atoms with Crippen molar-refractivity contribution in [1.29, 1.82) is 0 Å². The van der Waals surface area contributed by atoms with E-state index in [4.69, 9.17) is 9.47 Å². The van der Waals surface area contributed by atoms with Gasteiger partial charge in [0.25, 0.3) is 0 Å². The summed E-state index contributed by atoms with van der Waals surface area (Å²) in [5.41, 5.74) is 2.03. The maximum atomic E-state index is 14.8. The van der Waals surface area contributed by atoms with Gasteiger partial charge in [-0.1, -0.05) is 88.7 Å². The molecule has 0 N–H and O–H groups in total. The van der Waals surface area contributed by atoms with E-state index in [0.29, 0.717) is 33.8 Å². The first-order chi connectivity index (χ1) is 20.4. The lowest BCUT2D eigenvalue weighted by atomic mass is 9.64. The number of rotatable bonds is 5. The predicted molar refractivity (Wildman–Crippen MR) is 164 cm³/mol. The Morgan fingerprint density at radius 3 is 2.14 bits per heavy atom. The van der Waals surface area contributed by atoms with Crippen molar-refractivity contribution in [3.8, 4) is 11.5 Å². The van der Waals surface area contributed by atoms with Gasteiger partial charge in [-0.15, -0.1) is 0 Å². The number of halogens is 1. The van der Waals surface area contributed by atoms with Gasteiger partial charge >= 0.3 is 0 Å². The molecule has 2 heterocycles. The van der Waals surface area contributed by atoms with Crippen LogP contribution in [0.15, 0.2) is 102 Å². The quantitative estimate of drug-likeness (QED) is 0.181. The summed E-state index contributed by atoms with van der Waals surface area (Å²) in [6.45, 7) is 0. The van der Waals surface area contributed by atoms with E-state index in [0.717, 1.165) is 15.7 Å². The smallest absolute Gasteiger partial charge is 0.185 e. The van der Waals surface area contributed by atoms with Gasteiger partial charge in [-0.05, 0) is 41.5 Å². The van der Waals surface area contributed by atoms with E-state index in [2.05, 4.69) is 15.9 Å². The second-order valence-corrected chi connectivity index (χ2v) is 11.7. The monoisotopic (exact) mass is 619 g/mol. The molecule has 42 heavy (non-hydrogen) atoms. The summed E-state index contributed by atoms with van der Waals surface area (Å²) in [6, 6.07) is 25.7. The highest BCUT2D eigenvalue weighted by Gasteiger charge is 2.71. The third-order valence-corrected chi connectivity index (χ3v) is 9.35. The van der Waals surface area contributed by atoms with E-state index in [9.17, 15) is 14.4 Å². The standard InChI is InChI=1S/C35H26BrNO5/c1-41-27-16-12-22(19-28(27)42-2)30-31(32(38)20-8-4-3-5-9-20)37-26-15-14-23(36)18-21(26)13-17-29(37)35(30)33(39)24-10-6-7-11-25(24)34(35)40/h3-19,29-31H,1-2H3. The van der Waals surface area contributed by atoms with Crippen LogP contribution in [0.1, 0.15) is 48.1 Å². The molecule has 7 heteroatoms. The molecule has 1 aliphatic carbocycles. The molecule has 0 bridgehead atoms. The molecule has 6 nitrogen and oxygen atoms in total. The molecule has 1 fully saturated rings. The van der Waals surface area contributed by atoms with E-state index >= 15 is 0 Å². The Balaban J connectivity index is 1.56. The molecule has 4 aromatic rings. The average Bonchev–Trinajstić information content (AvgIpc) is 3.46. The Hall–Kier alpha value is -4.49. The zero-order chi connectivity index (χ0) is 29.2. The number of nitrogens with zero attached hydrogens (tertiary/aromatic N) is 1. The van der Waals surface area contributed by atoms with E-state index in [-0.39, 0.29) is 17.3 Å². The van der Waals surface area contributed by atoms with Crippen LogP contribution in [0.25, 0.3) is 6.08 Å². The van der Waals surface area contributed by atoms with Crippen molar-refractivity contribution < 1.29 is 23.9 Å². The third-order valence-electron chi connectivity index (χ3n) is 8.86. The number of hydrogen-bond donors (Lipinski definition) is 0. The zero-order valence-electron chi connectivity index (χ0n) is 22.9. The Bertz CT molecular complexity index is 1780. The minimum Gasteiger partial charge on any atom is -0.493 e.